The average molecular weight is 353 g/mol. The van der Waals surface area contributed by atoms with E-state index in [9.17, 15) is 4.79 Å². The van der Waals surface area contributed by atoms with Gasteiger partial charge in [0.05, 0.1) is 16.1 Å². The lowest BCUT2D eigenvalue weighted by atomic mass is 10.2. The number of fused-ring (bicyclic) bond motifs is 1. The van der Waals surface area contributed by atoms with E-state index in [1.165, 1.54) is 12.3 Å². The zero-order valence-corrected chi connectivity index (χ0v) is 12.2. The molecule has 2 aromatic heterocycles. The van der Waals surface area contributed by atoms with Gasteiger partial charge in [-0.15, -0.1) is 0 Å². The molecule has 0 aliphatic heterocycles. The van der Waals surface area contributed by atoms with Crippen molar-refractivity contribution < 1.29 is 9.90 Å². The van der Waals surface area contributed by atoms with E-state index in [2.05, 4.69) is 30.9 Å². The fourth-order valence-corrected chi connectivity index (χ4v) is 2.66. The Labute approximate surface area is 126 Å². The van der Waals surface area contributed by atoms with Gasteiger partial charge in [0.1, 0.15) is 5.82 Å². The summed E-state index contributed by atoms with van der Waals surface area (Å²) in [6.45, 7) is 0. The van der Waals surface area contributed by atoms with Crippen LogP contribution in [0, 0.1) is 0 Å². The number of rotatable bonds is 2. The molecule has 0 spiro atoms. The Balaban J connectivity index is 2.23. The largest absolute Gasteiger partial charge is 0.478 e. The number of H-pyrrole nitrogens is 1. The summed E-state index contributed by atoms with van der Waals surface area (Å²) in [6, 6.07) is 6.80. The van der Waals surface area contributed by atoms with Gasteiger partial charge in [-0.25, -0.2) is 14.8 Å². The number of aromatic amines is 1. The number of hydrogen-bond acceptors (Lipinski definition) is 3. The minimum Gasteiger partial charge on any atom is -0.478 e. The van der Waals surface area contributed by atoms with Crippen LogP contribution in [0.2, 0.25) is 5.02 Å². The molecule has 20 heavy (non-hydrogen) atoms. The molecule has 0 bridgehead atoms. The zero-order valence-electron chi connectivity index (χ0n) is 9.89. The van der Waals surface area contributed by atoms with Crippen molar-refractivity contribution in [3.05, 3.63) is 45.5 Å². The van der Waals surface area contributed by atoms with Crippen LogP contribution in [0.25, 0.3) is 22.6 Å². The first-order valence-corrected chi connectivity index (χ1v) is 6.77. The number of pyridine rings is 1. The van der Waals surface area contributed by atoms with Crippen molar-refractivity contribution in [1.82, 2.24) is 15.0 Å². The highest BCUT2D eigenvalue weighted by Gasteiger charge is 2.15. The van der Waals surface area contributed by atoms with Gasteiger partial charge in [0.2, 0.25) is 0 Å². The number of carboxylic acids is 1. The van der Waals surface area contributed by atoms with E-state index in [1.807, 2.05) is 6.07 Å². The molecule has 0 aliphatic rings. The predicted octanol–water partition coefficient (Wildman–Crippen LogP) is 3.74. The van der Waals surface area contributed by atoms with Crippen molar-refractivity contribution in [1.29, 1.82) is 0 Å². The van der Waals surface area contributed by atoms with Gasteiger partial charge in [-0.05, 0) is 24.3 Å². The Morgan fingerprint density at radius 1 is 1.35 bits per heavy atom. The van der Waals surface area contributed by atoms with E-state index in [1.54, 1.807) is 12.1 Å². The Hall–Kier alpha value is -1.92. The Morgan fingerprint density at radius 3 is 2.85 bits per heavy atom. The molecule has 5 nitrogen and oxygen atoms in total. The van der Waals surface area contributed by atoms with Crippen LogP contribution in [0.5, 0.6) is 0 Å². The minimum atomic E-state index is -1.03. The fourth-order valence-electron chi connectivity index (χ4n) is 1.90. The third-order valence-electron chi connectivity index (χ3n) is 2.81. The topological polar surface area (TPSA) is 78.9 Å². The van der Waals surface area contributed by atoms with E-state index in [0.29, 0.717) is 27.6 Å². The van der Waals surface area contributed by atoms with Gasteiger partial charge in [0.25, 0.3) is 0 Å². The van der Waals surface area contributed by atoms with Crippen molar-refractivity contribution in [2.45, 2.75) is 0 Å². The maximum Gasteiger partial charge on any atom is 0.338 e. The number of halogens is 2. The predicted molar refractivity (Wildman–Crippen MR) is 79.0 cm³/mol. The van der Waals surface area contributed by atoms with Crippen LogP contribution in [0.15, 0.2) is 34.9 Å². The first-order chi connectivity index (χ1) is 9.56. The number of nitrogens with one attached hydrogen (secondary N) is 1. The minimum absolute atomic E-state index is 0.127. The molecule has 3 rings (SSSR count). The highest BCUT2D eigenvalue weighted by Crippen LogP contribution is 2.30. The van der Waals surface area contributed by atoms with Crippen molar-refractivity contribution in [3.63, 3.8) is 0 Å². The number of carboxylic acid groups (broad SMARTS) is 1. The van der Waals surface area contributed by atoms with Crippen LogP contribution in [0.1, 0.15) is 10.4 Å². The van der Waals surface area contributed by atoms with Crippen molar-refractivity contribution in [2.24, 2.45) is 0 Å². The molecule has 0 saturated heterocycles. The molecule has 0 aliphatic carbocycles. The lowest BCUT2D eigenvalue weighted by Gasteiger charge is -2.00. The molecule has 1 aromatic carbocycles. The molecule has 0 atom stereocenters. The number of imidazole rings is 1. The summed E-state index contributed by atoms with van der Waals surface area (Å²) < 4.78 is 0.853. The van der Waals surface area contributed by atoms with Gasteiger partial charge in [0, 0.05) is 16.2 Å². The number of carbonyl (C=O) groups is 1. The van der Waals surface area contributed by atoms with E-state index in [4.69, 9.17) is 16.7 Å². The van der Waals surface area contributed by atoms with E-state index >= 15 is 0 Å². The number of aromatic carboxylic acids is 1. The molecule has 7 heteroatoms. The lowest BCUT2D eigenvalue weighted by molar-refractivity contribution is 0.0699. The standard InChI is InChI=1S/C13H7BrClN3O2/c14-6-1-2-7(9(15)5-6)11-17-10-8(13(19)20)3-4-16-12(10)18-11/h1-5H,(H,19,20)(H,16,17,18). The number of benzene rings is 1. The van der Waals surface area contributed by atoms with E-state index in [0.717, 1.165) is 4.47 Å². The smallest absolute Gasteiger partial charge is 0.338 e. The number of nitrogens with zero attached hydrogens (tertiary/aromatic N) is 2. The SMILES string of the molecule is O=C(O)c1ccnc2nc(-c3ccc(Br)cc3Cl)[nH]c12. The quantitative estimate of drug-likeness (QED) is 0.736. The molecule has 3 aromatic rings. The molecular weight excluding hydrogens is 346 g/mol. The van der Waals surface area contributed by atoms with Gasteiger partial charge in [-0.3, -0.25) is 0 Å². The molecule has 2 N–H and O–H groups in total. The molecule has 100 valence electrons. The van der Waals surface area contributed by atoms with E-state index < -0.39 is 5.97 Å². The van der Waals surface area contributed by atoms with Gasteiger partial charge in [0.15, 0.2) is 5.65 Å². The normalized spacial score (nSPS) is 10.9. The van der Waals surface area contributed by atoms with Crippen molar-refractivity contribution >= 4 is 44.7 Å². The Bertz CT molecular complexity index is 832. The van der Waals surface area contributed by atoms with Gasteiger partial charge < -0.3 is 10.1 Å². The second-order valence-electron chi connectivity index (χ2n) is 4.07. The second-order valence-corrected chi connectivity index (χ2v) is 5.39. The van der Waals surface area contributed by atoms with Crippen LogP contribution in [-0.4, -0.2) is 26.0 Å². The molecule has 0 radical (unpaired) electrons. The third-order valence-corrected chi connectivity index (χ3v) is 3.61. The Morgan fingerprint density at radius 2 is 2.15 bits per heavy atom. The summed E-state index contributed by atoms with van der Waals surface area (Å²) in [4.78, 5) is 22.5. The zero-order chi connectivity index (χ0) is 14.3. The summed E-state index contributed by atoms with van der Waals surface area (Å²) in [5.41, 5.74) is 1.54. The van der Waals surface area contributed by atoms with Gasteiger partial charge in [-0.2, -0.15) is 0 Å². The third kappa shape index (κ3) is 2.17. The van der Waals surface area contributed by atoms with Crippen LogP contribution < -0.4 is 0 Å². The van der Waals surface area contributed by atoms with Crippen molar-refractivity contribution in [2.75, 3.05) is 0 Å². The molecule has 2 heterocycles. The summed E-state index contributed by atoms with van der Waals surface area (Å²) in [7, 11) is 0. The highest BCUT2D eigenvalue weighted by atomic mass is 79.9. The van der Waals surface area contributed by atoms with Crippen LogP contribution >= 0.6 is 27.5 Å². The maximum absolute atomic E-state index is 11.2. The average Bonchev–Trinajstić information content (AvgIpc) is 2.81. The molecule has 0 unspecified atom stereocenters. The van der Waals surface area contributed by atoms with Crippen molar-refractivity contribution in [3.8, 4) is 11.4 Å². The van der Waals surface area contributed by atoms with E-state index in [-0.39, 0.29) is 5.56 Å². The van der Waals surface area contributed by atoms with Crippen LogP contribution in [-0.2, 0) is 0 Å². The summed E-state index contributed by atoms with van der Waals surface area (Å²) in [5, 5.41) is 9.66. The van der Waals surface area contributed by atoms with Crippen LogP contribution in [0.3, 0.4) is 0 Å². The highest BCUT2D eigenvalue weighted by molar-refractivity contribution is 9.10. The summed E-state index contributed by atoms with van der Waals surface area (Å²) in [6.07, 6.45) is 1.42. The monoisotopic (exact) mass is 351 g/mol. The molecule has 0 amide bonds. The number of aromatic nitrogens is 3. The second kappa shape index (κ2) is 4.88. The first kappa shape index (κ1) is 13.1. The summed E-state index contributed by atoms with van der Waals surface area (Å²) >= 11 is 9.50. The Kier molecular flexibility index (Phi) is 3.19. The van der Waals surface area contributed by atoms with Crippen LogP contribution in [0.4, 0.5) is 0 Å². The molecule has 0 saturated carbocycles. The fraction of sp³-hybridized carbons (Fsp3) is 0. The molecular formula is C13H7BrClN3O2. The van der Waals surface area contributed by atoms with Gasteiger partial charge in [-0.1, -0.05) is 27.5 Å². The maximum atomic E-state index is 11.2. The first-order valence-electron chi connectivity index (χ1n) is 5.59. The number of hydrogen-bond donors (Lipinski definition) is 2. The van der Waals surface area contributed by atoms with Gasteiger partial charge >= 0.3 is 5.97 Å². The summed E-state index contributed by atoms with van der Waals surface area (Å²) in [5.74, 6) is -0.548. The molecule has 0 fully saturated rings. The lowest BCUT2D eigenvalue weighted by Crippen LogP contribution is -1.97.